The van der Waals surface area contributed by atoms with Crippen LogP contribution in [-0.4, -0.2) is 23.9 Å². The third-order valence-corrected chi connectivity index (χ3v) is 3.41. The van der Waals surface area contributed by atoms with Crippen LogP contribution in [0, 0.1) is 0 Å². The molecule has 0 fully saturated rings. The van der Waals surface area contributed by atoms with Gasteiger partial charge in [-0.2, -0.15) is 0 Å². The molecular weight excluding hydrogens is 266 g/mol. The molecule has 0 radical (unpaired) electrons. The average molecular weight is 279 g/mol. The van der Waals surface area contributed by atoms with Crippen molar-refractivity contribution in [3.05, 3.63) is 65.9 Å². The fraction of sp³-hybridized carbons (Fsp3) is 0.0588. The number of ether oxygens (including phenoxy) is 1. The van der Waals surface area contributed by atoms with E-state index in [0.29, 0.717) is 22.4 Å². The molecule has 0 saturated heterocycles. The lowest BCUT2D eigenvalue weighted by Crippen LogP contribution is -2.10. The summed E-state index contributed by atoms with van der Waals surface area (Å²) in [4.78, 5) is 23.8. The summed E-state index contributed by atoms with van der Waals surface area (Å²) in [6.45, 7) is 0. The minimum atomic E-state index is -0.196. The minimum Gasteiger partial charge on any atom is -0.497 e. The molecule has 4 heteroatoms. The maximum Gasteiger partial charge on any atom is 0.262 e. The van der Waals surface area contributed by atoms with Crippen molar-refractivity contribution in [2.75, 3.05) is 7.11 Å². The molecule has 0 atom stereocenters. The third kappa shape index (κ3) is 2.21. The Morgan fingerprint density at radius 2 is 1.95 bits per heavy atom. The number of methoxy groups -OCH3 is 1. The summed E-state index contributed by atoms with van der Waals surface area (Å²) in [6.07, 6.45) is 2.33. The van der Waals surface area contributed by atoms with Crippen LogP contribution in [0.3, 0.4) is 0 Å². The van der Waals surface area contributed by atoms with Gasteiger partial charge in [0.15, 0.2) is 6.29 Å². The maximum atomic E-state index is 12.6. The van der Waals surface area contributed by atoms with Crippen molar-refractivity contribution in [2.45, 2.75) is 0 Å². The first kappa shape index (κ1) is 13.1. The van der Waals surface area contributed by atoms with E-state index in [1.165, 1.54) is 4.57 Å². The monoisotopic (exact) mass is 279 g/mol. The molecule has 0 saturated carbocycles. The van der Waals surface area contributed by atoms with E-state index in [1.54, 1.807) is 37.6 Å². The van der Waals surface area contributed by atoms with Crippen molar-refractivity contribution in [3.63, 3.8) is 0 Å². The molecule has 3 aromatic rings. The normalized spacial score (nSPS) is 10.5. The van der Waals surface area contributed by atoms with Crippen LogP contribution < -0.4 is 4.74 Å². The van der Waals surface area contributed by atoms with Gasteiger partial charge in [0.05, 0.1) is 12.6 Å². The van der Waals surface area contributed by atoms with Crippen molar-refractivity contribution in [2.24, 2.45) is 0 Å². The summed E-state index contributed by atoms with van der Waals surface area (Å²) in [5.74, 6) is 0.422. The molecule has 0 N–H and O–H groups in total. The lowest BCUT2D eigenvalue weighted by Gasteiger charge is -2.06. The number of rotatable bonds is 3. The van der Waals surface area contributed by atoms with Gasteiger partial charge in [0.1, 0.15) is 5.75 Å². The lowest BCUT2D eigenvalue weighted by molar-refractivity contribution is 0.0964. The van der Waals surface area contributed by atoms with Crippen LogP contribution in [0.15, 0.2) is 54.7 Å². The molecule has 0 aliphatic carbocycles. The largest absolute Gasteiger partial charge is 0.497 e. The van der Waals surface area contributed by atoms with Crippen LogP contribution in [0.2, 0.25) is 0 Å². The SMILES string of the molecule is COc1cccc(C(=O)n2cc(C=O)c3ccccc32)c1. The van der Waals surface area contributed by atoms with Crippen LogP contribution in [0.25, 0.3) is 10.9 Å². The van der Waals surface area contributed by atoms with Crippen molar-refractivity contribution in [1.29, 1.82) is 0 Å². The number of carbonyl (C=O) groups excluding carboxylic acids is 2. The van der Waals surface area contributed by atoms with Crippen LogP contribution >= 0.6 is 0 Å². The first-order chi connectivity index (χ1) is 10.2. The van der Waals surface area contributed by atoms with E-state index in [0.717, 1.165) is 11.7 Å². The highest BCUT2D eigenvalue weighted by atomic mass is 16.5. The molecule has 0 aliphatic rings. The van der Waals surface area contributed by atoms with Gasteiger partial charge in [0.25, 0.3) is 5.91 Å². The van der Waals surface area contributed by atoms with Crippen molar-refractivity contribution < 1.29 is 14.3 Å². The van der Waals surface area contributed by atoms with Crippen molar-refractivity contribution >= 4 is 23.1 Å². The van der Waals surface area contributed by atoms with E-state index in [1.807, 2.05) is 24.3 Å². The molecule has 1 aromatic heterocycles. The Balaban J connectivity index is 2.15. The Hall–Kier alpha value is -2.88. The van der Waals surface area contributed by atoms with E-state index < -0.39 is 0 Å². The van der Waals surface area contributed by atoms with Crippen molar-refractivity contribution in [3.8, 4) is 5.75 Å². The molecule has 1 heterocycles. The standard InChI is InChI=1S/C17H13NO3/c1-21-14-6-4-5-12(9-14)17(20)18-10-13(11-19)15-7-2-3-8-16(15)18/h2-11H,1H3. The van der Waals surface area contributed by atoms with Gasteiger partial charge in [-0.15, -0.1) is 0 Å². The number of hydrogen-bond acceptors (Lipinski definition) is 3. The highest BCUT2D eigenvalue weighted by molar-refractivity contribution is 6.06. The molecule has 2 aromatic carbocycles. The number of para-hydroxylation sites is 1. The zero-order valence-corrected chi connectivity index (χ0v) is 11.4. The number of carbonyl (C=O) groups is 2. The lowest BCUT2D eigenvalue weighted by atomic mass is 10.2. The second-order valence-corrected chi connectivity index (χ2v) is 4.63. The van der Waals surface area contributed by atoms with Crippen LogP contribution in [0.5, 0.6) is 5.75 Å². The summed E-state index contributed by atoms with van der Waals surface area (Å²) in [5.41, 5.74) is 1.72. The Morgan fingerprint density at radius 1 is 1.14 bits per heavy atom. The molecule has 4 nitrogen and oxygen atoms in total. The van der Waals surface area contributed by atoms with Gasteiger partial charge < -0.3 is 4.74 Å². The number of aromatic nitrogens is 1. The Kier molecular flexibility index (Phi) is 3.28. The van der Waals surface area contributed by atoms with Crippen LogP contribution in [0.1, 0.15) is 20.7 Å². The van der Waals surface area contributed by atoms with Crippen LogP contribution in [0.4, 0.5) is 0 Å². The van der Waals surface area contributed by atoms with E-state index >= 15 is 0 Å². The van der Waals surface area contributed by atoms with E-state index in [9.17, 15) is 9.59 Å². The first-order valence-corrected chi connectivity index (χ1v) is 6.48. The maximum absolute atomic E-state index is 12.6. The summed E-state index contributed by atoms with van der Waals surface area (Å²) in [6, 6.07) is 14.3. The number of aldehydes is 1. The summed E-state index contributed by atoms with van der Waals surface area (Å²) >= 11 is 0. The minimum absolute atomic E-state index is 0.196. The third-order valence-electron chi connectivity index (χ3n) is 3.41. The summed E-state index contributed by atoms with van der Waals surface area (Å²) < 4.78 is 6.63. The molecule has 0 unspecified atom stereocenters. The molecule has 104 valence electrons. The zero-order valence-electron chi connectivity index (χ0n) is 11.4. The van der Waals surface area contributed by atoms with Gasteiger partial charge in [-0.1, -0.05) is 24.3 Å². The molecule has 0 amide bonds. The van der Waals surface area contributed by atoms with E-state index in [-0.39, 0.29) is 5.91 Å². The van der Waals surface area contributed by atoms with Gasteiger partial charge >= 0.3 is 0 Å². The molecular formula is C17H13NO3. The Morgan fingerprint density at radius 3 is 2.71 bits per heavy atom. The van der Waals surface area contributed by atoms with Gasteiger partial charge in [-0.05, 0) is 24.3 Å². The van der Waals surface area contributed by atoms with Crippen molar-refractivity contribution in [1.82, 2.24) is 4.57 Å². The van der Waals surface area contributed by atoms with Gasteiger partial charge in [0, 0.05) is 22.7 Å². The van der Waals surface area contributed by atoms with Gasteiger partial charge in [-0.25, -0.2) is 0 Å². The van der Waals surface area contributed by atoms with Gasteiger partial charge in [0.2, 0.25) is 0 Å². The predicted molar refractivity (Wildman–Crippen MR) is 80.0 cm³/mol. The second kappa shape index (κ2) is 5.25. The summed E-state index contributed by atoms with van der Waals surface area (Å²) in [7, 11) is 1.55. The smallest absolute Gasteiger partial charge is 0.262 e. The van der Waals surface area contributed by atoms with Crippen LogP contribution in [-0.2, 0) is 0 Å². The fourth-order valence-electron chi connectivity index (χ4n) is 2.36. The quantitative estimate of drug-likeness (QED) is 0.692. The van der Waals surface area contributed by atoms with E-state index in [2.05, 4.69) is 0 Å². The predicted octanol–water partition coefficient (Wildman–Crippen LogP) is 3.15. The molecule has 3 rings (SSSR count). The number of benzene rings is 2. The highest BCUT2D eigenvalue weighted by Gasteiger charge is 2.15. The molecule has 0 bridgehead atoms. The number of hydrogen-bond donors (Lipinski definition) is 0. The number of fused-ring (bicyclic) bond motifs is 1. The molecule has 0 aliphatic heterocycles. The molecule has 0 spiro atoms. The molecule has 21 heavy (non-hydrogen) atoms. The average Bonchev–Trinajstić information content (AvgIpc) is 2.93. The second-order valence-electron chi connectivity index (χ2n) is 4.63. The Labute approximate surface area is 121 Å². The highest BCUT2D eigenvalue weighted by Crippen LogP contribution is 2.22. The zero-order chi connectivity index (χ0) is 14.8. The number of nitrogens with zero attached hydrogens (tertiary/aromatic N) is 1. The summed E-state index contributed by atoms with van der Waals surface area (Å²) in [5, 5.41) is 0.767. The van der Waals surface area contributed by atoms with Gasteiger partial charge in [-0.3, -0.25) is 14.2 Å². The topological polar surface area (TPSA) is 48.3 Å². The Bertz CT molecular complexity index is 833. The fourth-order valence-corrected chi connectivity index (χ4v) is 2.36. The van der Waals surface area contributed by atoms with E-state index in [4.69, 9.17) is 4.74 Å². The first-order valence-electron chi connectivity index (χ1n) is 6.48.